The summed E-state index contributed by atoms with van der Waals surface area (Å²) >= 11 is 0. The Labute approximate surface area is 651 Å². The molecule has 0 heterocycles. The number of hydrogen-bond acceptors (Lipinski definition) is 15. The van der Waals surface area contributed by atoms with Crippen LogP contribution in [0, 0.1) is 0 Å². The SMILES string of the molecule is CCCCCCCCCCCCCCCCCCCCCCC(=O)O[C@H](COC(=O)CCCCCCCCCCCCCCCCCCCCC)COP(=O)(O)OC[C@@H](O)COP(=O)(O)OC[C@@H](COC(=O)CCCCCCCCCCC)OC(=O)CCCCCCCCCCCCCCCCCCCC. The highest BCUT2D eigenvalue weighted by Gasteiger charge is 2.30. The lowest BCUT2D eigenvalue weighted by atomic mass is 10.0. The first kappa shape index (κ1) is 104. The fraction of sp³-hybridized carbons (Fsp3) is 0.954. The number of aliphatic hydroxyl groups excluding tert-OH is 1. The van der Waals surface area contributed by atoms with Gasteiger partial charge in [0.15, 0.2) is 12.2 Å². The van der Waals surface area contributed by atoms with E-state index in [4.69, 9.17) is 37.0 Å². The molecular weight excluding hydrogens is 1380 g/mol. The standard InChI is InChI=1S/C87H170O17P2/c1-5-9-13-17-21-25-28-31-34-37-40-42-45-48-51-54-58-62-66-70-74-87(92)104-83(78-98-85(90)72-68-64-60-56-52-49-46-44-41-38-35-32-29-26-22-18-14-10-6-2)80-102-106(95,96)100-76-81(88)75-99-105(93,94)101-79-82(77-97-84(89)71-67-63-59-55-24-20-16-12-8-4)103-86(91)73-69-65-61-57-53-50-47-43-39-36-33-30-27-23-19-15-11-7-3/h81-83,88H,5-80H2,1-4H3,(H,93,94)(H,95,96)/t81-,82+,83+/m0/s1. The zero-order chi connectivity index (χ0) is 77.4. The third kappa shape index (κ3) is 80.1. The fourth-order valence-corrected chi connectivity index (χ4v) is 15.3. The Morgan fingerprint density at radius 1 is 0.226 bits per heavy atom. The van der Waals surface area contributed by atoms with Crippen LogP contribution in [-0.4, -0.2) is 96.7 Å². The van der Waals surface area contributed by atoms with Crippen molar-refractivity contribution in [1.82, 2.24) is 0 Å². The van der Waals surface area contributed by atoms with Gasteiger partial charge in [-0.15, -0.1) is 0 Å². The number of carbonyl (C=O) groups is 4. The largest absolute Gasteiger partial charge is 0.472 e. The summed E-state index contributed by atoms with van der Waals surface area (Å²) < 4.78 is 68.9. The first-order chi connectivity index (χ1) is 51.7. The molecule has 0 amide bonds. The van der Waals surface area contributed by atoms with Crippen molar-refractivity contribution in [2.75, 3.05) is 39.6 Å². The van der Waals surface area contributed by atoms with Crippen LogP contribution in [0.1, 0.15) is 477 Å². The third-order valence-electron chi connectivity index (χ3n) is 20.6. The van der Waals surface area contributed by atoms with Crippen molar-refractivity contribution >= 4 is 39.5 Å². The number of carbonyl (C=O) groups excluding carboxylic acids is 4. The highest BCUT2D eigenvalue weighted by molar-refractivity contribution is 7.47. The number of unbranched alkanes of at least 4 members (excludes halogenated alkanes) is 62. The summed E-state index contributed by atoms with van der Waals surface area (Å²) in [5.41, 5.74) is 0. The zero-order valence-electron chi connectivity index (χ0n) is 69.4. The van der Waals surface area contributed by atoms with E-state index in [1.807, 2.05) is 0 Å². The van der Waals surface area contributed by atoms with Gasteiger partial charge < -0.3 is 33.8 Å². The molecule has 0 saturated heterocycles. The van der Waals surface area contributed by atoms with Crippen molar-refractivity contribution in [3.8, 4) is 0 Å². The van der Waals surface area contributed by atoms with Crippen molar-refractivity contribution in [2.45, 2.75) is 495 Å². The molecule has 0 rings (SSSR count). The molecule has 0 radical (unpaired) electrons. The Balaban J connectivity index is 5.20. The molecule has 0 aliphatic rings. The Kier molecular flexibility index (Phi) is 79.6. The van der Waals surface area contributed by atoms with Crippen LogP contribution < -0.4 is 0 Å². The van der Waals surface area contributed by atoms with Crippen molar-refractivity contribution in [3.05, 3.63) is 0 Å². The number of phosphoric ester groups is 2. The fourth-order valence-electron chi connectivity index (χ4n) is 13.7. The van der Waals surface area contributed by atoms with Gasteiger partial charge in [0.25, 0.3) is 0 Å². The summed E-state index contributed by atoms with van der Waals surface area (Å²) in [6.45, 7) is 5.05. The van der Waals surface area contributed by atoms with Gasteiger partial charge in [0.1, 0.15) is 19.3 Å². The van der Waals surface area contributed by atoms with E-state index in [0.717, 1.165) is 89.9 Å². The second kappa shape index (κ2) is 81.1. The summed E-state index contributed by atoms with van der Waals surface area (Å²) in [7, 11) is -9.92. The smallest absolute Gasteiger partial charge is 0.462 e. The molecule has 106 heavy (non-hydrogen) atoms. The Morgan fingerprint density at radius 2 is 0.377 bits per heavy atom. The van der Waals surface area contributed by atoms with Crippen molar-refractivity contribution in [3.63, 3.8) is 0 Å². The Morgan fingerprint density at radius 3 is 0.557 bits per heavy atom. The monoisotopic (exact) mass is 1550 g/mol. The van der Waals surface area contributed by atoms with E-state index in [-0.39, 0.29) is 25.7 Å². The van der Waals surface area contributed by atoms with Gasteiger partial charge in [0, 0.05) is 25.7 Å². The molecule has 0 aliphatic carbocycles. The van der Waals surface area contributed by atoms with E-state index in [2.05, 4.69) is 27.7 Å². The summed E-state index contributed by atoms with van der Waals surface area (Å²) in [5, 5.41) is 10.7. The summed E-state index contributed by atoms with van der Waals surface area (Å²) in [5.74, 6) is -2.10. The molecule has 19 heteroatoms. The first-order valence-electron chi connectivity index (χ1n) is 45.3. The average molecular weight is 1550 g/mol. The predicted octanol–water partition coefficient (Wildman–Crippen LogP) is 26.9. The summed E-state index contributed by atoms with van der Waals surface area (Å²) in [6.07, 6.45) is 76.5. The van der Waals surface area contributed by atoms with E-state index in [1.54, 1.807) is 0 Å². The van der Waals surface area contributed by atoms with Gasteiger partial charge in [0.05, 0.1) is 26.4 Å². The maximum atomic E-state index is 13.1. The van der Waals surface area contributed by atoms with Crippen LogP contribution in [0.4, 0.5) is 0 Å². The van der Waals surface area contributed by atoms with Crippen LogP contribution in [0.2, 0.25) is 0 Å². The van der Waals surface area contributed by atoms with Crippen molar-refractivity contribution in [2.24, 2.45) is 0 Å². The Hall–Kier alpha value is -1.94. The van der Waals surface area contributed by atoms with E-state index >= 15 is 0 Å². The molecular formula is C87H170O17P2. The third-order valence-corrected chi connectivity index (χ3v) is 22.5. The lowest BCUT2D eigenvalue weighted by Gasteiger charge is -2.21. The van der Waals surface area contributed by atoms with E-state index < -0.39 is 97.5 Å². The topological polar surface area (TPSA) is 237 Å². The van der Waals surface area contributed by atoms with E-state index in [0.29, 0.717) is 25.7 Å². The molecule has 0 saturated carbocycles. The molecule has 0 aliphatic heterocycles. The van der Waals surface area contributed by atoms with Crippen molar-refractivity contribution in [1.29, 1.82) is 0 Å². The van der Waals surface area contributed by atoms with Gasteiger partial charge in [-0.3, -0.25) is 37.3 Å². The first-order valence-corrected chi connectivity index (χ1v) is 48.3. The maximum absolute atomic E-state index is 13.1. The molecule has 0 aromatic heterocycles. The normalized spacial score (nSPS) is 13.7. The van der Waals surface area contributed by atoms with Gasteiger partial charge in [-0.25, -0.2) is 9.13 Å². The van der Waals surface area contributed by atoms with Crippen LogP contribution in [0.15, 0.2) is 0 Å². The quantitative estimate of drug-likeness (QED) is 0.0222. The van der Waals surface area contributed by atoms with Gasteiger partial charge in [-0.2, -0.15) is 0 Å². The van der Waals surface area contributed by atoms with Crippen LogP contribution in [0.5, 0.6) is 0 Å². The lowest BCUT2D eigenvalue weighted by Crippen LogP contribution is -2.30. The number of aliphatic hydroxyl groups is 1. The highest BCUT2D eigenvalue weighted by atomic mass is 31.2. The molecule has 630 valence electrons. The molecule has 17 nitrogen and oxygen atoms in total. The molecule has 0 bridgehead atoms. The van der Waals surface area contributed by atoms with Gasteiger partial charge >= 0.3 is 39.5 Å². The minimum absolute atomic E-state index is 0.109. The summed E-state index contributed by atoms with van der Waals surface area (Å²) in [4.78, 5) is 73.2. The van der Waals surface area contributed by atoms with Gasteiger partial charge in [-0.1, -0.05) is 426 Å². The second-order valence-electron chi connectivity index (χ2n) is 31.3. The number of rotatable bonds is 88. The number of phosphoric acid groups is 2. The van der Waals surface area contributed by atoms with Crippen molar-refractivity contribution < 1.29 is 80.2 Å². The summed E-state index contributed by atoms with van der Waals surface area (Å²) in [6, 6.07) is 0. The minimum Gasteiger partial charge on any atom is -0.462 e. The van der Waals surface area contributed by atoms with E-state index in [9.17, 15) is 43.2 Å². The number of ether oxygens (including phenoxy) is 4. The van der Waals surface area contributed by atoms with Crippen LogP contribution in [0.3, 0.4) is 0 Å². The number of esters is 4. The lowest BCUT2D eigenvalue weighted by molar-refractivity contribution is -0.161. The van der Waals surface area contributed by atoms with Crippen LogP contribution in [-0.2, 0) is 65.4 Å². The highest BCUT2D eigenvalue weighted by Crippen LogP contribution is 2.45. The zero-order valence-corrected chi connectivity index (χ0v) is 71.2. The maximum Gasteiger partial charge on any atom is 0.472 e. The molecule has 0 aromatic carbocycles. The molecule has 3 N–H and O–H groups in total. The second-order valence-corrected chi connectivity index (χ2v) is 34.2. The van der Waals surface area contributed by atoms with E-state index in [1.165, 1.54) is 308 Å². The van der Waals surface area contributed by atoms with Gasteiger partial charge in [-0.05, 0) is 25.7 Å². The number of hydrogen-bond donors (Lipinski definition) is 3. The van der Waals surface area contributed by atoms with Gasteiger partial charge in [0.2, 0.25) is 0 Å². The van der Waals surface area contributed by atoms with Crippen LogP contribution in [0.25, 0.3) is 0 Å². The van der Waals surface area contributed by atoms with Crippen LogP contribution >= 0.6 is 15.6 Å². The molecule has 0 fully saturated rings. The Bertz CT molecular complexity index is 2000. The molecule has 0 aromatic rings. The average Bonchev–Trinajstić information content (AvgIpc) is 0.905. The molecule has 0 spiro atoms. The minimum atomic E-state index is -4.96. The molecule has 2 unspecified atom stereocenters. The predicted molar refractivity (Wildman–Crippen MR) is 437 cm³/mol. The molecule has 5 atom stereocenters.